The van der Waals surface area contributed by atoms with Crippen LogP contribution in [0.3, 0.4) is 0 Å². The van der Waals surface area contributed by atoms with Gasteiger partial charge in [-0.25, -0.2) is 0 Å². The molecule has 6 heteroatoms. The summed E-state index contributed by atoms with van der Waals surface area (Å²) in [6, 6.07) is 1.79. The van der Waals surface area contributed by atoms with Gasteiger partial charge in [0.2, 0.25) is 5.91 Å². The van der Waals surface area contributed by atoms with Gasteiger partial charge in [0.15, 0.2) is 0 Å². The van der Waals surface area contributed by atoms with Crippen molar-refractivity contribution < 1.29 is 18.8 Å². The van der Waals surface area contributed by atoms with Crippen molar-refractivity contribution in [3.63, 3.8) is 0 Å². The SMILES string of the molecule is Cc1cc(C(C)(O)CNC(=O)C(C)c2c(C)noc2C)c(C)o1. The summed E-state index contributed by atoms with van der Waals surface area (Å²) in [5, 5.41) is 17.3. The maximum absolute atomic E-state index is 12.4. The molecule has 0 fully saturated rings. The highest BCUT2D eigenvalue weighted by Crippen LogP contribution is 2.27. The summed E-state index contributed by atoms with van der Waals surface area (Å²) in [6.45, 7) is 10.8. The number of nitrogens with one attached hydrogen (secondary N) is 1. The predicted molar refractivity (Wildman–Crippen MR) is 85.2 cm³/mol. The Morgan fingerprint density at radius 2 is 2.00 bits per heavy atom. The smallest absolute Gasteiger partial charge is 0.227 e. The largest absolute Gasteiger partial charge is 0.466 e. The van der Waals surface area contributed by atoms with E-state index in [-0.39, 0.29) is 12.5 Å². The molecule has 6 nitrogen and oxygen atoms in total. The summed E-state index contributed by atoms with van der Waals surface area (Å²) < 4.78 is 10.6. The lowest BCUT2D eigenvalue weighted by Gasteiger charge is -2.24. The number of aromatic nitrogens is 1. The Morgan fingerprint density at radius 1 is 1.35 bits per heavy atom. The first-order chi connectivity index (χ1) is 10.6. The summed E-state index contributed by atoms with van der Waals surface area (Å²) >= 11 is 0. The van der Waals surface area contributed by atoms with E-state index in [0.717, 1.165) is 11.3 Å². The molecular formula is C17H24N2O4. The minimum atomic E-state index is -1.20. The molecule has 0 aliphatic heterocycles. The Labute approximate surface area is 135 Å². The number of hydrogen-bond donors (Lipinski definition) is 2. The average Bonchev–Trinajstić information content (AvgIpc) is 2.98. The first kappa shape index (κ1) is 17.3. The summed E-state index contributed by atoms with van der Waals surface area (Å²) in [4.78, 5) is 12.4. The lowest BCUT2D eigenvalue weighted by molar-refractivity contribution is -0.123. The lowest BCUT2D eigenvalue weighted by Crippen LogP contribution is -2.40. The summed E-state index contributed by atoms with van der Waals surface area (Å²) in [5.74, 6) is 1.44. The maximum atomic E-state index is 12.4. The standard InChI is InChI=1S/C17H24N2O4/c1-9-7-14(12(4)22-9)17(6,21)8-18-16(20)10(2)15-11(3)19-23-13(15)5/h7,10,21H,8H2,1-6H3,(H,18,20). The molecule has 0 saturated heterocycles. The second kappa shape index (κ2) is 6.20. The van der Waals surface area contributed by atoms with E-state index in [2.05, 4.69) is 10.5 Å². The van der Waals surface area contributed by atoms with Crippen molar-refractivity contribution in [3.05, 3.63) is 40.2 Å². The number of amides is 1. The Morgan fingerprint density at radius 3 is 2.48 bits per heavy atom. The van der Waals surface area contributed by atoms with E-state index >= 15 is 0 Å². The summed E-state index contributed by atoms with van der Waals surface area (Å²) in [6.07, 6.45) is 0. The number of carbonyl (C=O) groups excluding carboxylic acids is 1. The zero-order valence-corrected chi connectivity index (χ0v) is 14.5. The number of aryl methyl sites for hydroxylation is 4. The van der Waals surface area contributed by atoms with E-state index in [0.29, 0.717) is 22.8 Å². The monoisotopic (exact) mass is 320 g/mol. The molecule has 0 aromatic carbocycles. The van der Waals surface area contributed by atoms with Crippen molar-refractivity contribution in [2.45, 2.75) is 53.1 Å². The van der Waals surface area contributed by atoms with Crippen molar-refractivity contribution in [2.75, 3.05) is 6.54 Å². The molecule has 0 aliphatic rings. The van der Waals surface area contributed by atoms with Crippen molar-refractivity contribution >= 4 is 5.91 Å². The topological polar surface area (TPSA) is 88.5 Å². The molecule has 0 aliphatic carbocycles. The van der Waals surface area contributed by atoms with Crippen LogP contribution in [0.25, 0.3) is 0 Å². The van der Waals surface area contributed by atoms with E-state index in [1.54, 1.807) is 33.8 Å². The molecule has 23 heavy (non-hydrogen) atoms. The number of carbonyl (C=O) groups is 1. The second-order valence-electron chi connectivity index (χ2n) is 6.28. The molecule has 2 aromatic heterocycles. The highest BCUT2D eigenvalue weighted by atomic mass is 16.5. The third-order valence-electron chi connectivity index (χ3n) is 4.14. The van der Waals surface area contributed by atoms with Crippen LogP contribution in [0, 0.1) is 27.7 Å². The molecule has 0 saturated carbocycles. The number of aliphatic hydroxyl groups is 1. The molecule has 126 valence electrons. The van der Waals surface area contributed by atoms with E-state index in [1.807, 2.05) is 13.8 Å². The van der Waals surface area contributed by atoms with Crippen molar-refractivity contribution in [3.8, 4) is 0 Å². The van der Waals surface area contributed by atoms with Gasteiger partial charge in [0.25, 0.3) is 0 Å². The maximum Gasteiger partial charge on any atom is 0.227 e. The van der Waals surface area contributed by atoms with Crippen LogP contribution < -0.4 is 5.32 Å². The van der Waals surface area contributed by atoms with Gasteiger partial charge in [0.1, 0.15) is 22.9 Å². The zero-order chi connectivity index (χ0) is 17.4. The van der Waals surface area contributed by atoms with Crippen LogP contribution in [0.2, 0.25) is 0 Å². The van der Waals surface area contributed by atoms with Crippen LogP contribution in [-0.4, -0.2) is 22.7 Å². The molecular weight excluding hydrogens is 296 g/mol. The fraction of sp³-hybridized carbons (Fsp3) is 0.529. The van der Waals surface area contributed by atoms with Crippen LogP contribution >= 0.6 is 0 Å². The highest BCUT2D eigenvalue weighted by Gasteiger charge is 2.30. The molecule has 2 N–H and O–H groups in total. The minimum absolute atomic E-state index is 0.0966. The van der Waals surface area contributed by atoms with Gasteiger partial charge in [-0.1, -0.05) is 5.16 Å². The van der Waals surface area contributed by atoms with Gasteiger partial charge in [-0.15, -0.1) is 0 Å². The molecule has 2 heterocycles. The molecule has 2 aromatic rings. The van der Waals surface area contributed by atoms with Crippen molar-refractivity contribution in [1.29, 1.82) is 0 Å². The number of nitrogens with zero attached hydrogens (tertiary/aromatic N) is 1. The molecule has 2 unspecified atom stereocenters. The third-order valence-corrected chi connectivity index (χ3v) is 4.14. The number of rotatable bonds is 5. The minimum Gasteiger partial charge on any atom is -0.466 e. The molecule has 0 spiro atoms. The number of hydrogen-bond acceptors (Lipinski definition) is 5. The Balaban J connectivity index is 2.08. The first-order valence-electron chi connectivity index (χ1n) is 7.64. The van der Waals surface area contributed by atoms with E-state index in [1.165, 1.54) is 0 Å². The van der Waals surface area contributed by atoms with Gasteiger partial charge in [-0.2, -0.15) is 0 Å². The van der Waals surface area contributed by atoms with Crippen LogP contribution in [0.15, 0.2) is 15.0 Å². The van der Waals surface area contributed by atoms with Gasteiger partial charge in [0.05, 0.1) is 18.2 Å². The molecule has 1 amide bonds. The summed E-state index contributed by atoms with van der Waals surface area (Å²) in [5.41, 5.74) is 0.978. The normalized spacial score (nSPS) is 15.3. The van der Waals surface area contributed by atoms with Gasteiger partial charge in [0, 0.05) is 11.1 Å². The Hall–Kier alpha value is -2.08. The van der Waals surface area contributed by atoms with E-state index in [4.69, 9.17) is 8.94 Å². The van der Waals surface area contributed by atoms with Gasteiger partial charge >= 0.3 is 0 Å². The van der Waals surface area contributed by atoms with Crippen LogP contribution in [0.1, 0.15) is 53.9 Å². The Bertz CT molecular complexity index is 693. The van der Waals surface area contributed by atoms with Gasteiger partial charge in [-0.05, 0) is 47.6 Å². The van der Waals surface area contributed by atoms with E-state index < -0.39 is 11.5 Å². The van der Waals surface area contributed by atoms with E-state index in [9.17, 15) is 9.90 Å². The Kier molecular flexibility index (Phi) is 4.66. The van der Waals surface area contributed by atoms with Gasteiger partial charge < -0.3 is 19.4 Å². The fourth-order valence-corrected chi connectivity index (χ4v) is 2.91. The molecule has 2 atom stereocenters. The molecule has 0 bridgehead atoms. The van der Waals surface area contributed by atoms with Crippen LogP contribution in [-0.2, 0) is 10.4 Å². The predicted octanol–water partition coefficient (Wildman–Crippen LogP) is 2.63. The number of furan rings is 1. The quantitative estimate of drug-likeness (QED) is 0.884. The highest BCUT2D eigenvalue weighted by molar-refractivity contribution is 5.83. The first-order valence-corrected chi connectivity index (χ1v) is 7.64. The average molecular weight is 320 g/mol. The summed E-state index contributed by atoms with van der Waals surface area (Å²) in [7, 11) is 0. The van der Waals surface area contributed by atoms with Crippen molar-refractivity contribution in [2.24, 2.45) is 0 Å². The van der Waals surface area contributed by atoms with Gasteiger partial charge in [-0.3, -0.25) is 4.79 Å². The lowest BCUT2D eigenvalue weighted by atomic mass is 9.95. The third kappa shape index (κ3) is 3.47. The molecule has 0 radical (unpaired) electrons. The van der Waals surface area contributed by atoms with Crippen molar-refractivity contribution in [1.82, 2.24) is 10.5 Å². The van der Waals surface area contributed by atoms with Crippen LogP contribution in [0.5, 0.6) is 0 Å². The zero-order valence-electron chi connectivity index (χ0n) is 14.5. The second-order valence-corrected chi connectivity index (χ2v) is 6.28. The van der Waals surface area contributed by atoms with Crippen LogP contribution in [0.4, 0.5) is 0 Å². The fourth-order valence-electron chi connectivity index (χ4n) is 2.91. The molecule has 2 rings (SSSR count).